The topological polar surface area (TPSA) is 25.4 Å². The lowest BCUT2D eigenvalue weighted by molar-refractivity contribution is 0.0973. The zero-order chi connectivity index (χ0) is 13.8. The number of aromatic nitrogens is 1. The first-order valence-electron chi connectivity index (χ1n) is 6.82. The van der Waals surface area contributed by atoms with Gasteiger partial charge in [0.15, 0.2) is 0 Å². The van der Waals surface area contributed by atoms with Crippen LogP contribution < -0.4 is 4.74 Å². The SMILES string of the molecule is Clc1ccsc1CN1CCC(Oc2ccncc2)CC1. The standard InChI is InChI=1S/C15H17ClN2OS/c16-14-5-10-20-15(14)11-18-8-3-13(4-9-18)19-12-1-6-17-7-2-12/h1-2,5-7,10,13H,3-4,8-9,11H2. The van der Waals surface area contributed by atoms with E-state index < -0.39 is 0 Å². The Labute approximate surface area is 128 Å². The number of pyridine rings is 1. The van der Waals surface area contributed by atoms with E-state index in [0.717, 1.165) is 43.2 Å². The molecule has 106 valence electrons. The zero-order valence-electron chi connectivity index (χ0n) is 11.2. The second-order valence-corrected chi connectivity index (χ2v) is 6.38. The van der Waals surface area contributed by atoms with Gasteiger partial charge in [-0.1, -0.05) is 11.6 Å². The third-order valence-corrected chi connectivity index (χ3v) is 4.92. The summed E-state index contributed by atoms with van der Waals surface area (Å²) < 4.78 is 5.97. The molecule has 0 saturated carbocycles. The molecule has 0 radical (unpaired) electrons. The van der Waals surface area contributed by atoms with E-state index in [2.05, 4.69) is 15.3 Å². The predicted octanol–water partition coefficient (Wildman–Crippen LogP) is 3.84. The molecule has 3 rings (SSSR count). The molecule has 0 unspecified atom stereocenters. The second kappa shape index (κ2) is 6.57. The molecule has 2 aromatic heterocycles. The summed E-state index contributed by atoms with van der Waals surface area (Å²) in [7, 11) is 0. The number of halogens is 1. The Balaban J connectivity index is 1.49. The van der Waals surface area contributed by atoms with Gasteiger partial charge < -0.3 is 4.74 Å². The van der Waals surface area contributed by atoms with Gasteiger partial charge in [-0.3, -0.25) is 9.88 Å². The minimum absolute atomic E-state index is 0.312. The fourth-order valence-electron chi connectivity index (χ4n) is 2.44. The van der Waals surface area contributed by atoms with Gasteiger partial charge in [0, 0.05) is 36.9 Å². The largest absolute Gasteiger partial charge is 0.490 e. The van der Waals surface area contributed by atoms with Crippen molar-refractivity contribution in [2.45, 2.75) is 25.5 Å². The number of thiophene rings is 1. The molecule has 1 aliphatic heterocycles. The highest BCUT2D eigenvalue weighted by Crippen LogP contribution is 2.25. The minimum Gasteiger partial charge on any atom is -0.490 e. The van der Waals surface area contributed by atoms with Crippen molar-refractivity contribution in [2.75, 3.05) is 13.1 Å². The van der Waals surface area contributed by atoms with Crippen LogP contribution in [0.2, 0.25) is 5.02 Å². The third-order valence-electron chi connectivity index (χ3n) is 3.55. The van der Waals surface area contributed by atoms with Gasteiger partial charge in [0.25, 0.3) is 0 Å². The first-order valence-corrected chi connectivity index (χ1v) is 8.08. The van der Waals surface area contributed by atoms with Crippen LogP contribution in [0.15, 0.2) is 36.0 Å². The molecule has 3 nitrogen and oxygen atoms in total. The maximum atomic E-state index is 6.15. The molecule has 1 aliphatic rings. The number of hydrogen-bond acceptors (Lipinski definition) is 4. The molecular formula is C15H17ClN2OS. The predicted molar refractivity (Wildman–Crippen MR) is 82.5 cm³/mol. The van der Waals surface area contributed by atoms with Crippen LogP contribution in [0, 0.1) is 0 Å². The summed E-state index contributed by atoms with van der Waals surface area (Å²) >= 11 is 7.88. The van der Waals surface area contributed by atoms with Crippen LogP contribution in [0.1, 0.15) is 17.7 Å². The number of rotatable bonds is 4. The van der Waals surface area contributed by atoms with Crippen molar-refractivity contribution >= 4 is 22.9 Å². The van der Waals surface area contributed by atoms with Crippen molar-refractivity contribution in [3.8, 4) is 5.75 Å². The van der Waals surface area contributed by atoms with Gasteiger partial charge in [0.1, 0.15) is 11.9 Å². The van der Waals surface area contributed by atoms with Gasteiger partial charge in [0.2, 0.25) is 0 Å². The molecule has 3 heterocycles. The van der Waals surface area contributed by atoms with E-state index in [1.54, 1.807) is 23.7 Å². The quantitative estimate of drug-likeness (QED) is 0.858. The van der Waals surface area contributed by atoms with Crippen LogP contribution in [0.4, 0.5) is 0 Å². The molecular weight excluding hydrogens is 292 g/mol. The maximum absolute atomic E-state index is 6.15. The van der Waals surface area contributed by atoms with Crippen molar-refractivity contribution in [3.05, 3.63) is 45.9 Å². The summed E-state index contributed by atoms with van der Waals surface area (Å²) in [6, 6.07) is 5.80. The number of hydrogen-bond donors (Lipinski definition) is 0. The van der Waals surface area contributed by atoms with Crippen LogP contribution in [-0.4, -0.2) is 29.1 Å². The fourth-order valence-corrected chi connectivity index (χ4v) is 3.57. The van der Waals surface area contributed by atoms with Gasteiger partial charge >= 0.3 is 0 Å². The molecule has 0 N–H and O–H groups in total. The van der Waals surface area contributed by atoms with Gasteiger partial charge in [-0.2, -0.15) is 0 Å². The Morgan fingerprint density at radius 1 is 1.25 bits per heavy atom. The van der Waals surface area contributed by atoms with E-state index in [0.29, 0.717) is 6.10 Å². The number of piperidine rings is 1. The molecule has 0 atom stereocenters. The number of nitrogens with zero attached hydrogens (tertiary/aromatic N) is 2. The highest BCUT2D eigenvalue weighted by Gasteiger charge is 2.21. The molecule has 0 aromatic carbocycles. The van der Waals surface area contributed by atoms with E-state index in [1.807, 2.05) is 18.2 Å². The summed E-state index contributed by atoms with van der Waals surface area (Å²) in [5.74, 6) is 0.916. The highest BCUT2D eigenvalue weighted by atomic mass is 35.5. The first kappa shape index (κ1) is 13.9. The van der Waals surface area contributed by atoms with Crippen LogP contribution in [0.25, 0.3) is 0 Å². The molecule has 5 heteroatoms. The summed E-state index contributed by atoms with van der Waals surface area (Å²) in [6.45, 7) is 3.08. The Bertz CT molecular complexity index is 538. The first-order chi connectivity index (χ1) is 9.81. The van der Waals surface area contributed by atoms with E-state index in [1.165, 1.54) is 4.88 Å². The zero-order valence-corrected chi connectivity index (χ0v) is 12.7. The smallest absolute Gasteiger partial charge is 0.122 e. The number of ether oxygens (including phenoxy) is 1. The van der Waals surface area contributed by atoms with Crippen LogP contribution >= 0.6 is 22.9 Å². The van der Waals surface area contributed by atoms with Gasteiger partial charge in [0.05, 0.1) is 5.02 Å². The summed E-state index contributed by atoms with van der Waals surface area (Å²) in [5.41, 5.74) is 0. The summed E-state index contributed by atoms with van der Waals surface area (Å²) in [5, 5.41) is 2.95. The van der Waals surface area contributed by atoms with Gasteiger partial charge in [-0.05, 0) is 36.4 Å². The average Bonchev–Trinajstić information content (AvgIpc) is 2.88. The van der Waals surface area contributed by atoms with Crippen LogP contribution in [0.5, 0.6) is 5.75 Å². The molecule has 0 spiro atoms. The van der Waals surface area contributed by atoms with Crippen molar-refractivity contribution in [3.63, 3.8) is 0 Å². The normalized spacial score (nSPS) is 17.2. The molecule has 2 aromatic rings. The van der Waals surface area contributed by atoms with Crippen molar-refractivity contribution in [1.29, 1.82) is 0 Å². The lowest BCUT2D eigenvalue weighted by Crippen LogP contribution is -2.37. The molecule has 0 amide bonds. The maximum Gasteiger partial charge on any atom is 0.122 e. The molecule has 1 saturated heterocycles. The van der Waals surface area contributed by atoms with E-state index in [9.17, 15) is 0 Å². The van der Waals surface area contributed by atoms with Crippen molar-refractivity contribution < 1.29 is 4.74 Å². The second-order valence-electron chi connectivity index (χ2n) is 4.97. The third kappa shape index (κ3) is 3.51. The van der Waals surface area contributed by atoms with Crippen LogP contribution in [-0.2, 0) is 6.54 Å². The summed E-state index contributed by atoms with van der Waals surface area (Å²) in [4.78, 5) is 7.71. The van der Waals surface area contributed by atoms with Crippen molar-refractivity contribution in [2.24, 2.45) is 0 Å². The van der Waals surface area contributed by atoms with E-state index >= 15 is 0 Å². The molecule has 0 aliphatic carbocycles. The van der Waals surface area contributed by atoms with Crippen molar-refractivity contribution in [1.82, 2.24) is 9.88 Å². The minimum atomic E-state index is 0.312. The van der Waals surface area contributed by atoms with E-state index in [4.69, 9.17) is 16.3 Å². The van der Waals surface area contributed by atoms with Gasteiger partial charge in [-0.25, -0.2) is 0 Å². The monoisotopic (exact) mass is 308 g/mol. The Kier molecular flexibility index (Phi) is 4.55. The highest BCUT2D eigenvalue weighted by molar-refractivity contribution is 7.10. The van der Waals surface area contributed by atoms with Crippen LogP contribution in [0.3, 0.4) is 0 Å². The average molecular weight is 309 g/mol. The molecule has 0 bridgehead atoms. The lowest BCUT2D eigenvalue weighted by Gasteiger charge is -2.31. The Morgan fingerprint density at radius 3 is 2.65 bits per heavy atom. The Hall–Kier alpha value is -1.10. The Morgan fingerprint density at radius 2 is 2.00 bits per heavy atom. The number of likely N-dealkylation sites (tertiary alicyclic amines) is 1. The molecule has 20 heavy (non-hydrogen) atoms. The lowest BCUT2D eigenvalue weighted by atomic mass is 10.1. The fraction of sp³-hybridized carbons (Fsp3) is 0.400. The molecule has 1 fully saturated rings. The van der Waals surface area contributed by atoms with Gasteiger partial charge in [-0.15, -0.1) is 11.3 Å². The van der Waals surface area contributed by atoms with E-state index in [-0.39, 0.29) is 0 Å². The summed E-state index contributed by atoms with van der Waals surface area (Å²) in [6.07, 6.45) is 5.97.